The largest absolute Gasteiger partial charge is 0.463 e. The van der Waals surface area contributed by atoms with Crippen LogP contribution >= 0.6 is 0 Å². The number of hydrogen-bond donors (Lipinski definition) is 2. The maximum Gasteiger partial charge on any atom is 0.221 e. The van der Waals surface area contributed by atoms with Gasteiger partial charge in [0.1, 0.15) is 5.69 Å². The van der Waals surface area contributed by atoms with E-state index in [0.717, 1.165) is 22.3 Å². The number of rotatable bonds is 2. The van der Waals surface area contributed by atoms with Gasteiger partial charge in [-0.15, -0.1) is 0 Å². The second kappa shape index (κ2) is 4.07. The fraction of sp³-hybridized carbons (Fsp3) is 0.0714. The SMILES string of the molecule is CC(=O)Nc1c(-c2ccco2)[nH]c2ccccc12. The van der Waals surface area contributed by atoms with Gasteiger partial charge in [0.2, 0.25) is 5.91 Å². The highest BCUT2D eigenvalue weighted by atomic mass is 16.3. The molecule has 0 spiro atoms. The fourth-order valence-corrected chi connectivity index (χ4v) is 2.05. The molecule has 0 bridgehead atoms. The summed E-state index contributed by atoms with van der Waals surface area (Å²) < 4.78 is 5.39. The summed E-state index contributed by atoms with van der Waals surface area (Å²) >= 11 is 0. The minimum atomic E-state index is -0.104. The molecular weight excluding hydrogens is 228 g/mol. The van der Waals surface area contributed by atoms with Gasteiger partial charge in [-0.05, 0) is 18.2 Å². The van der Waals surface area contributed by atoms with Crippen molar-refractivity contribution in [2.75, 3.05) is 5.32 Å². The molecule has 90 valence electrons. The van der Waals surface area contributed by atoms with Crippen LogP contribution in [0, 0.1) is 0 Å². The number of anilines is 1. The van der Waals surface area contributed by atoms with E-state index in [9.17, 15) is 4.79 Å². The highest BCUT2D eigenvalue weighted by Gasteiger charge is 2.15. The predicted molar refractivity (Wildman–Crippen MR) is 70.3 cm³/mol. The molecule has 0 atom stereocenters. The summed E-state index contributed by atoms with van der Waals surface area (Å²) in [5.74, 6) is 0.600. The maximum atomic E-state index is 11.3. The molecule has 3 aromatic rings. The Hall–Kier alpha value is -2.49. The minimum Gasteiger partial charge on any atom is -0.463 e. The summed E-state index contributed by atoms with van der Waals surface area (Å²) in [6.45, 7) is 1.49. The second-order valence-electron chi connectivity index (χ2n) is 4.08. The predicted octanol–water partition coefficient (Wildman–Crippen LogP) is 3.39. The molecule has 2 heterocycles. The first kappa shape index (κ1) is 10.7. The number of aromatic nitrogens is 1. The number of carbonyl (C=O) groups is 1. The van der Waals surface area contributed by atoms with Crippen molar-refractivity contribution in [2.24, 2.45) is 0 Å². The molecule has 1 aromatic carbocycles. The van der Waals surface area contributed by atoms with Crippen LogP contribution in [0.4, 0.5) is 5.69 Å². The molecule has 3 rings (SSSR count). The summed E-state index contributed by atoms with van der Waals surface area (Å²) in [5, 5.41) is 3.83. The van der Waals surface area contributed by atoms with E-state index < -0.39 is 0 Å². The molecule has 18 heavy (non-hydrogen) atoms. The number of benzene rings is 1. The lowest BCUT2D eigenvalue weighted by Gasteiger charge is -2.02. The quantitative estimate of drug-likeness (QED) is 0.721. The molecule has 2 aromatic heterocycles. The number of amides is 1. The van der Waals surface area contributed by atoms with E-state index >= 15 is 0 Å². The van der Waals surface area contributed by atoms with Gasteiger partial charge in [0.05, 0.1) is 12.0 Å². The molecule has 2 N–H and O–H groups in total. The Labute approximate surface area is 104 Å². The van der Waals surface area contributed by atoms with Crippen molar-refractivity contribution in [1.29, 1.82) is 0 Å². The molecule has 4 nitrogen and oxygen atoms in total. The Balaban J connectivity index is 2.26. The van der Waals surface area contributed by atoms with E-state index in [1.54, 1.807) is 6.26 Å². The molecular formula is C14H12N2O2. The summed E-state index contributed by atoms with van der Waals surface area (Å²) in [5.41, 5.74) is 2.51. The van der Waals surface area contributed by atoms with Crippen molar-refractivity contribution in [3.63, 3.8) is 0 Å². The summed E-state index contributed by atoms with van der Waals surface area (Å²) in [4.78, 5) is 14.6. The first-order chi connectivity index (χ1) is 8.75. The molecule has 0 radical (unpaired) electrons. The number of aromatic amines is 1. The van der Waals surface area contributed by atoms with E-state index in [4.69, 9.17) is 4.42 Å². The van der Waals surface area contributed by atoms with Crippen LogP contribution in [0.15, 0.2) is 47.1 Å². The maximum absolute atomic E-state index is 11.3. The zero-order valence-electron chi connectivity index (χ0n) is 9.86. The standard InChI is InChI=1S/C14H12N2O2/c1-9(17)15-13-10-5-2-3-6-11(10)16-14(13)12-7-4-8-18-12/h2-8,16H,1H3,(H,15,17). The van der Waals surface area contributed by atoms with E-state index in [0.29, 0.717) is 5.76 Å². The van der Waals surface area contributed by atoms with Crippen LogP contribution in [-0.2, 0) is 4.79 Å². The lowest BCUT2D eigenvalue weighted by atomic mass is 10.2. The number of H-pyrrole nitrogens is 1. The zero-order chi connectivity index (χ0) is 12.5. The van der Waals surface area contributed by atoms with Crippen LogP contribution in [-0.4, -0.2) is 10.9 Å². The molecule has 0 unspecified atom stereocenters. The van der Waals surface area contributed by atoms with Crippen LogP contribution in [0.2, 0.25) is 0 Å². The number of para-hydroxylation sites is 1. The smallest absolute Gasteiger partial charge is 0.221 e. The van der Waals surface area contributed by atoms with Gasteiger partial charge in [0.25, 0.3) is 0 Å². The third-order valence-corrected chi connectivity index (χ3v) is 2.77. The van der Waals surface area contributed by atoms with E-state index in [2.05, 4.69) is 10.3 Å². The van der Waals surface area contributed by atoms with Crippen molar-refractivity contribution >= 4 is 22.5 Å². The minimum absolute atomic E-state index is 0.104. The first-order valence-corrected chi connectivity index (χ1v) is 5.68. The van der Waals surface area contributed by atoms with Gasteiger partial charge in [-0.2, -0.15) is 0 Å². The lowest BCUT2D eigenvalue weighted by Crippen LogP contribution is -2.06. The zero-order valence-corrected chi connectivity index (χ0v) is 9.86. The monoisotopic (exact) mass is 240 g/mol. The lowest BCUT2D eigenvalue weighted by molar-refractivity contribution is -0.114. The van der Waals surface area contributed by atoms with Gasteiger partial charge in [0, 0.05) is 17.8 Å². The summed E-state index contributed by atoms with van der Waals surface area (Å²) in [6.07, 6.45) is 1.61. The molecule has 0 aliphatic carbocycles. The molecule has 1 amide bonds. The van der Waals surface area contributed by atoms with Crippen molar-refractivity contribution < 1.29 is 9.21 Å². The molecule has 0 saturated carbocycles. The van der Waals surface area contributed by atoms with Gasteiger partial charge >= 0.3 is 0 Å². The number of hydrogen-bond acceptors (Lipinski definition) is 2. The average Bonchev–Trinajstić information content (AvgIpc) is 2.96. The van der Waals surface area contributed by atoms with E-state index in [1.165, 1.54) is 6.92 Å². The highest BCUT2D eigenvalue weighted by Crippen LogP contribution is 2.34. The van der Waals surface area contributed by atoms with Gasteiger partial charge in [-0.3, -0.25) is 4.79 Å². The fourth-order valence-electron chi connectivity index (χ4n) is 2.05. The molecule has 0 fully saturated rings. The molecule has 0 saturated heterocycles. The highest BCUT2D eigenvalue weighted by molar-refractivity contribution is 6.06. The average molecular weight is 240 g/mol. The number of carbonyl (C=O) groups excluding carboxylic acids is 1. The van der Waals surface area contributed by atoms with Crippen LogP contribution in [0.3, 0.4) is 0 Å². The normalized spacial score (nSPS) is 10.7. The number of fused-ring (bicyclic) bond motifs is 1. The van der Waals surface area contributed by atoms with Crippen LogP contribution in [0.5, 0.6) is 0 Å². The summed E-state index contributed by atoms with van der Waals surface area (Å²) in [6, 6.07) is 11.5. The van der Waals surface area contributed by atoms with Crippen molar-refractivity contribution in [1.82, 2.24) is 4.98 Å². The van der Waals surface area contributed by atoms with Crippen LogP contribution in [0.1, 0.15) is 6.92 Å². The van der Waals surface area contributed by atoms with Gasteiger partial charge < -0.3 is 14.7 Å². The second-order valence-corrected chi connectivity index (χ2v) is 4.08. The Morgan fingerprint density at radius 1 is 1.22 bits per heavy atom. The molecule has 0 aliphatic heterocycles. The first-order valence-electron chi connectivity index (χ1n) is 5.68. The topological polar surface area (TPSA) is 58.0 Å². The molecule has 4 heteroatoms. The van der Waals surface area contributed by atoms with E-state index in [1.807, 2.05) is 36.4 Å². The van der Waals surface area contributed by atoms with Crippen molar-refractivity contribution in [2.45, 2.75) is 6.92 Å². The number of nitrogens with one attached hydrogen (secondary N) is 2. The van der Waals surface area contributed by atoms with Crippen LogP contribution in [0.25, 0.3) is 22.4 Å². The van der Waals surface area contributed by atoms with Gasteiger partial charge in [-0.1, -0.05) is 18.2 Å². The Bertz CT molecular complexity index is 696. The van der Waals surface area contributed by atoms with Crippen molar-refractivity contribution in [3.8, 4) is 11.5 Å². The Morgan fingerprint density at radius 2 is 2.06 bits per heavy atom. The van der Waals surface area contributed by atoms with Gasteiger partial charge in [-0.25, -0.2) is 0 Å². The van der Waals surface area contributed by atoms with Crippen molar-refractivity contribution in [3.05, 3.63) is 42.7 Å². The molecule has 0 aliphatic rings. The Morgan fingerprint density at radius 3 is 2.78 bits per heavy atom. The van der Waals surface area contributed by atoms with Crippen LogP contribution < -0.4 is 5.32 Å². The van der Waals surface area contributed by atoms with Gasteiger partial charge in [0.15, 0.2) is 5.76 Å². The third-order valence-electron chi connectivity index (χ3n) is 2.77. The number of furan rings is 1. The Kier molecular flexibility index (Phi) is 2.41. The van der Waals surface area contributed by atoms with E-state index in [-0.39, 0.29) is 5.91 Å². The third kappa shape index (κ3) is 1.68. The summed E-state index contributed by atoms with van der Waals surface area (Å²) in [7, 11) is 0.